The lowest BCUT2D eigenvalue weighted by Gasteiger charge is -2.29. The van der Waals surface area contributed by atoms with E-state index in [1.165, 1.54) is 36.4 Å². The summed E-state index contributed by atoms with van der Waals surface area (Å²) in [5.74, 6) is -1.25. The van der Waals surface area contributed by atoms with Crippen LogP contribution in [0, 0.1) is 17.6 Å². The van der Waals surface area contributed by atoms with Crippen LogP contribution in [0.5, 0.6) is 5.75 Å². The van der Waals surface area contributed by atoms with Gasteiger partial charge in [0.1, 0.15) is 17.4 Å². The van der Waals surface area contributed by atoms with Crippen molar-refractivity contribution < 1.29 is 36.2 Å². The molecule has 1 saturated heterocycles. The number of rotatable bonds is 9. The van der Waals surface area contributed by atoms with Crippen LogP contribution < -0.4 is 4.74 Å². The molecule has 37 heavy (non-hydrogen) atoms. The number of benzene rings is 3. The fourth-order valence-corrected chi connectivity index (χ4v) is 4.42. The molecule has 198 valence electrons. The van der Waals surface area contributed by atoms with E-state index in [9.17, 15) is 22.0 Å². The van der Waals surface area contributed by atoms with Crippen molar-refractivity contribution in [1.82, 2.24) is 0 Å². The molecule has 3 aromatic carbocycles. The van der Waals surface area contributed by atoms with Crippen molar-refractivity contribution in [3.05, 3.63) is 77.9 Å². The minimum atomic E-state index is -4.76. The van der Waals surface area contributed by atoms with Crippen LogP contribution in [-0.2, 0) is 15.9 Å². The van der Waals surface area contributed by atoms with E-state index in [1.807, 2.05) is 0 Å². The maximum Gasteiger partial charge on any atom is 0.573 e. The molecule has 1 heterocycles. The lowest BCUT2D eigenvalue weighted by atomic mass is 9.97. The first-order valence-corrected chi connectivity index (χ1v) is 12.4. The van der Waals surface area contributed by atoms with Crippen molar-refractivity contribution in [2.75, 3.05) is 13.2 Å². The van der Waals surface area contributed by atoms with Gasteiger partial charge in [-0.1, -0.05) is 56.2 Å². The molecule has 4 rings (SSSR count). The summed E-state index contributed by atoms with van der Waals surface area (Å²) in [6.07, 6.45) is -0.845. The van der Waals surface area contributed by atoms with Gasteiger partial charge >= 0.3 is 6.36 Å². The maximum absolute atomic E-state index is 14.9. The minimum Gasteiger partial charge on any atom is -0.406 e. The Hall–Kier alpha value is -2.97. The molecule has 8 heteroatoms. The van der Waals surface area contributed by atoms with Crippen LogP contribution in [0.4, 0.5) is 22.0 Å². The smallest absolute Gasteiger partial charge is 0.406 e. The minimum absolute atomic E-state index is 0.131. The van der Waals surface area contributed by atoms with Crippen molar-refractivity contribution in [2.24, 2.45) is 5.92 Å². The van der Waals surface area contributed by atoms with E-state index >= 15 is 0 Å². The zero-order chi connectivity index (χ0) is 26.4. The molecule has 3 nitrogen and oxygen atoms in total. The third-order valence-corrected chi connectivity index (χ3v) is 6.37. The van der Waals surface area contributed by atoms with Gasteiger partial charge < -0.3 is 14.2 Å². The van der Waals surface area contributed by atoms with Gasteiger partial charge in [0.05, 0.1) is 18.8 Å². The highest BCUT2D eigenvalue weighted by atomic mass is 19.4. The average Bonchev–Trinajstić information content (AvgIpc) is 2.86. The Kier molecular flexibility index (Phi) is 8.82. The van der Waals surface area contributed by atoms with Gasteiger partial charge in [-0.3, -0.25) is 0 Å². The summed E-state index contributed by atoms with van der Waals surface area (Å²) in [6.45, 7) is 3.44. The van der Waals surface area contributed by atoms with Crippen LogP contribution in [0.15, 0.2) is 60.7 Å². The molecule has 3 aromatic rings. The summed E-state index contributed by atoms with van der Waals surface area (Å²) < 4.78 is 82.3. The molecule has 1 aliphatic heterocycles. The second-order valence-corrected chi connectivity index (χ2v) is 9.23. The highest BCUT2D eigenvalue weighted by molar-refractivity contribution is 5.71. The maximum atomic E-state index is 14.9. The molecule has 1 fully saturated rings. The molecule has 0 unspecified atom stereocenters. The molecule has 0 bridgehead atoms. The first kappa shape index (κ1) is 27.1. The summed E-state index contributed by atoms with van der Waals surface area (Å²) >= 11 is 0. The summed E-state index contributed by atoms with van der Waals surface area (Å²) in [5, 5.41) is 0. The normalized spacial score (nSPS) is 18.1. The van der Waals surface area contributed by atoms with Gasteiger partial charge in [-0.2, -0.15) is 0 Å². The molecule has 0 radical (unpaired) electrons. The SMILES string of the molecule is CCCCC1COC(CCc2cc(F)c(-c3ccc(-c4ccc(OC(F)(F)F)cc4)cc3)c(F)c2)OC1. The monoisotopic (exact) mass is 520 g/mol. The van der Waals surface area contributed by atoms with E-state index < -0.39 is 18.0 Å². The van der Waals surface area contributed by atoms with Crippen molar-refractivity contribution in [1.29, 1.82) is 0 Å². The Morgan fingerprint density at radius 2 is 1.35 bits per heavy atom. The van der Waals surface area contributed by atoms with Gasteiger partial charge in [0.25, 0.3) is 0 Å². The molecule has 0 spiro atoms. The highest BCUT2D eigenvalue weighted by Crippen LogP contribution is 2.31. The fraction of sp³-hybridized carbons (Fsp3) is 0.379. The van der Waals surface area contributed by atoms with Crippen LogP contribution in [0.1, 0.15) is 38.2 Å². The third-order valence-electron chi connectivity index (χ3n) is 6.37. The largest absolute Gasteiger partial charge is 0.573 e. The number of hydrogen-bond donors (Lipinski definition) is 0. The van der Waals surface area contributed by atoms with E-state index in [0.717, 1.165) is 19.3 Å². The highest BCUT2D eigenvalue weighted by Gasteiger charge is 2.31. The third kappa shape index (κ3) is 7.52. The Labute approximate surface area is 213 Å². The van der Waals surface area contributed by atoms with Crippen LogP contribution in [-0.4, -0.2) is 25.9 Å². The standard InChI is InChI=1S/C29H29F5O3/c1-2-3-4-20-17-35-27(36-18-20)14-5-19-15-25(30)28(26(31)16-19)23-8-6-21(7-9-23)22-10-12-24(13-11-22)37-29(32,33)34/h6-13,15-16,20,27H,2-5,14,17-18H2,1H3. The predicted octanol–water partition coefficient (Wildman–Crippen LogP) is 8.31. The number of halogens is 5. The Morgan fingerprint density at radius 3 is 1.89 bits per heavy atom. The molecule has 1 aliphatic rings. The van der Waals surface area contributed by atoms with Crippen molar-refractivity contribution in [3.8, 4) is 28.0 Å². The van der Waals surface area contributed by atoms with Gasteiger partial charge in [0, 0.05) is 12.3 Å². The first-order valence-electron chi connectivity index (χ1n) is 12.4. The number of aryl methyl sites for hydroxylation is 1. The Balaban J connectivity index is 1.37. The Morgan fingerprint density at radius 1 is 0.811 bits per heavy atom. The van der Waals surface area contributed by atoms with Gasteiger partial charge in [-0.05, 0) is 59.4 Å². The lowest BCUT2D eigenvalue weighted by molar-refractivity contribution is -0.274. The fourth-order valence-electron chi connectivity index (χ4n) is 4.42. The molecule has 0 aliphatic carbocycles. The summed E-state index contributed by atoms with van der Waals surface area (Å²) in [5.41, 5.74) is 2.08. The number of hydrogen-bond acceptors (Lipinski definition) is 3. The second kappa shape index (κ2) is 12.0. The first-order chi connectivity index (χ1) is 17.7. The molecule has 0 saturated carbocycles. The number of alkyl halides is 3. The van der Waals surface area contributed by atoms with E-state index in [1.54, 1.807) is 24.3 Å². The van der Waals surface area contributed by atoms with E-state index in [0.29, 0.717) is 54.2 Å². The van der Waals surface area contributed by atoms with Crippen LogP contribution >= 0.6 is 0 Å². The van der Waals surface area contributed by atoms with Crippen molar-refractivity contribution >= 4 is 0 Å². The molecular formula is C29H29F5O3. The zero-order valence-corrected chi connectivity index (χ0v) is 20.5. The summed E-state index contributed by atoms with van der Waals surface area (Å²) in [7, 11) is 0. The van der Waals surface area contributed by atoms with Gasteiger partial charge in [0.15, 0.2) is 6.29 Å². The zero-order valence-electron chi connectivity index (χ0n) is 20.5. The van der Waals surface area contributed by atoms with Gasteiger partial charge in [-0.25, -0.2) is 8.78 Å². The molecule has 0 amide bonds. The van der Waals surface area contributed by atoms with Gasteiger partial charge in [-0.15, -0.1) is 13.2 Å². The topological polar surface area (TPSA) is 27.7 Å². The number of unbranched alkanes of at least 4 members (excludes halogenated alkanes) is 1. The molecule has 0 aromatic heterocycles. The molecule has 0 N–H and O–H groups in total. The quantitative estimate of drug-likeness (QED) is 0.266. The predicted molar refractivity (Wildman–Crippen MR) is 131 cm³/mol. The van der Waals surface area contributed by atoms with Crippen LogP contribution in [0.3, 0.4) is 0 Å². The van der Waals surface area contributed by atoms with Crippen LogP contribution in [0.2, 0.25) is 0 Å². The van der Waals surface area contributed by atoms with Crippen LogP contribution in [0.25, 0.3) is 22.3 Å². The lowest BCUT2D eigenvalue weighted by Crippen LogP contribution is -2.32. The second-order valence-electron chi connectivity index (χ2n) is 9.23. The van der Waals surface area contributed by atoms with Crippen molar-refractivity contribution in [3.63, 3.8) is 0 Å². The number of ether oxygens (including phenoxy) is 3. The van der Waals surface area contributed by atoms with Gasteiger partial charge in [0.2, 0.25) is 0 Å². The molecular weight excluding hydrogens is 491 g/mol. The summed E-state index contributed by atoms with van der Waals surface area (Å²) in [6, 6.07) is 14.5. The average molecular weight is 521 g/mol. The summed E-state index contributed by atoms with van der Waals surface area (Å²) in [4.78, 5) is 0. The van der Waals surface area contributed by atoms with E-state index in [-0.39, 0.29) is 17.6 Å². The van der Waals surface area contributed by atoms with E-state index in [4.69, 9.17) is 9.47 Å². The molecule has 0 atom stereocenters. The van der Waals surface area contributed by atoms with Crippen molar-refractivity contribution in [2.45, 2.75) is 51.7 Å². The Bertz CT molecular complexity index is 1130. The van der Waals surface area contributed by atoms with E-state index in [2.05, 4.69) is 11.7 Å².